The van der Waals surface area contributed by atoms with Crippen LogP contribution in [0.4, 0.5) is 0 Å². The summed E-state index contributed by atoms with van der Waals surface area (Å²) in [5.41, 5.74) is 1.76. The first-order chi connectivity index (χ1) is 14.1. The second kappa shape index (κ2) is 9.50. The molecule has 1 amide bonds. The van der Waals surface area contributed by atoms with Crippen LogP contribution in [-0.2, 0) is 18.3 Å². The molecule has 0 saturated carbocycles. The average molecular weight is 392 g/mol. The van der Waals surface area contributed by atoms with Gasteiger partial charge in [0, 0.05) is 20.0 Å². The van der Waals surface area contributed by atoms with Crippen molar-refractivity contribution < 1.29 is 4.79 Å². The summed E-state index contributed by atoms with van der Waals surface area (Å²) < 4.78 is 1.60. The number of para-hydroxylation sites is 1. The highest BCUT2D eigenvalue weighted by Gasteiger charge is 2.26. The van der Waals surface area contributed by atoms with Crippen LogP contribution >= 0.6 is 0 Å². The van der Waals surface area contributed by atoms with E-state index in [-0.39, 0.29) is 17.5 Å². The van der Waals surface area contributed by atoms with Crippen LogP contribution in [0.2, 0.25) is 0 Å². The summed E-state index contributed by atoms with van der Waals surface area (Å²) in [6, 6.07) is 17.2. The minimum atomic E-state index is -0.222. The van der Waals surface area contributed by atoms with Crippen LogP contribution in [0.15, 0.2) is 59.4 Å². The Morgan fingerprint density at radius 3 is 2.45 bits per heavy atom. The standard InChI is InChI=1S/C24H29N3O2/c1-4-17-27(22(28)16-15-18-11-7-6-8-12-18)21(5-2)23-25-20-14-10-9-13-19(20)24(29)26(23)3/h6-14,21H,4-5,15-17H2,1-3H3. The van der Waals surface area contributed by atoms with Crippen molar-refractivity contribution >= 4 is 16.8 Å². The zero-order valence-electron chi connectivity index (χ0n) is 17.5. The molecular weight excluding hydrogens is 362 g/mol. The van der Waals surface area contributed by atoms with E-state index in [1.807, 2.05) is 60.4 Å². The van der Waals surface area contributed by atoms with Crippen molar-refractivity contribution in [3.05, 3.63) is 76.3 Å². The molecule has 0 saturated heterocycles. The highest BCUT2D eigenvalue weighted by molar-refractivity contribution is 5.78. The van der Waals surface area contributed by atoms with Gasteiger partial charge in [-0.15, -0.1) is 0 Å². The molecule has 0 bridgehead atoms. The number of nitrogens with zero attached hydrogens (tertiary/aromatic N) is 3. The highest BCUT2D eigenvalue weighted by atomic mass is 16.2. The van der Waals surface area contributed by atoms with E-state index >= 15 is 0 Å². The van der Waals surface area contributed by atoms with Gasteiger partial charge in [0.15, 0.2) is 0 Å². The first-order valence-electron chi connectivity index (χ1n) is 10.4. The maximum atomic E-state index is 13.2. The third-order valence-corrected chi connectivity index (χ3v) is 5.33. The van der Waals surface area contributed by atoms with Crippen molar-refractivity contribution in [3.8, 4) is 0 Å². The average Bonchev–Trinajstić information content (AvgIpc) is 2.76. The summed E-state index contributed by atoms with van der Waals surface area (Å²) in [5, 5.41) is 0.603. The Hall–Kier alpha value is -2.95. The fourth-order valence-corrected chi connectivity index (χ4v) is 3.81. The van der Waals surface area contributed by atoms with Crippen LogP contribution < -0.4 is 5.56 Å². The van der Waals surface area contributed by atoms with E-state index in [9.17, 15) is 9.59 Å². The summed E-state index contributed by atoms with van der Waals surface area (Å²) in [4.78, 5) is 32.7. The molecular formula is C24H29N3O2. The number of amides is 1. The maximum Gasteiger partial charge on any atom is 0.261 e. The predicted octanol–water partition coefficient (Wildman–Crippen LogP) is 4.26. The molecule has 0 spiro atoms. The molecule has 0 aliphatic carbocycles. The number of carbonyl (C=O) groups is 1. The number of aromatic nitrogens is 2. The van der Waals surface area contributed by atoms with E-state index in [4.69, 9.17) is 4.98 Å². The van der Waals surface area contributed by atoms with Crippen molar-refractivity contribution in [1.29, 1.82) is 0 Å². The summed E-state index contributed by atoms with van der Waals surface area (Å²) in [7, 11) is 1.75. The van der Waals surface area contributed by atoms with Gasteiger partial charge in [-0.3, -0.25) is 14.2 Å². The van der Waals surface area contributed by atoms with E-state index in [1.54, 1.807) is 17.7 Å². The van der Waals surface area contributed by atoms with E-state index < -0.39 is 0 Å². The number of benzene rings is 2. The van der Waals surface area contributed by atoms with Gasteiger partial charge < -0.3 is 4.90 Å². The van der Waals surface area contributed by atoms with Crippen molar-refractivity contribution in [2.24, 2.45) is 7.05 Å². The SMILES string of the molecule is CCCN(C(=O)CCc1ccccc1)C(CC)c1nc2ccccc2c(=O)n1C. The zero-order valence-corrected chi connectivity index (χ0v) is 17.5. The molecule has 3 rings (SSSR count). The quantitative estimate of drug-likeness (QED) is 0.577. The van der Waals surface area contributed by atoms with Gasteiger partial charge in [0.2, 0.25) is 5.91 Å². The predicted molar refractivity (Wildman–Crippen MR) is 117 cm³/mol. The smallest absolute Gasteiger partial charge is 0.261 e. The largest absolute Gasteiger partial charge is 0.333 e. The van der Waals surface area contributed by atoms with Gasteiger partial charge in [0.05, 0.1) is 16.9 Å². The Morgan fingerprint density at radius 1 is 1.07 bits per heavy atom. The van der Waals surface area contributed by atoms with Crippen LogP contribution in [0, 0.1) is 0 Å². The van der Waals surface area contributed by atoms with Crippen LogP contribution in [0.1, 0.15) is 50.5 Å². The zero-order chi connectivity index (χ0) is 20.8. The Bertz CT molecular complexity index is 1030. The third-order valence-electron chi connectivity index (χ3n) is 5.33. The van der Waals surface area contributed by atoms with Crippen molar-refractivity contribution in [2.75, 3.05) is 6.54 Å². The number of aryl methyl sites for hydroxylation is 1. The number of hydrogen-bond donors (Lipinski definition) is 0. The fraction of sp³-hybridized carbons (Fsp3) is 0.375. The molecule has 1 aromatic heterocycles. The molecule has 0 radical (unpaired) electrons. The van der Waals surface area contributed by atoms with Gasteiger partial charge in [-0.25, -0.2) is 4.98 Å². The van der Waals surface area contributed by atoms with Crippen LogP contribution in [0.3, 0.4) is 0 Å². The van der Waals surface area contributed by atoms with Crippen LogP contribution in [0.25, 0.3) is 10.9 Å². The van der Waals surface area contributed by atoms with Gasteiger partial charge in [0.1, 0.15) is 5.82 Å². The minimum Gasteiger partial charge on any atom is -0.333 e. The molecule has 3 aromatic rings. The summed E-state index contributed by atoms with van der Waals surface area (Å²) in [6.45, 7) is 4.75. The summed E-state index contributed by atoms with van der Waals surface area (Å²) >= 11 is 0. The van der Waals surface area contributed by atoms with Gasteiger partial charge in [-0.1, -0.05) is 56.3 Å². The second-order valence-electron chi connectivity index (χ2n) is 7.35. The van der Waals surface area contributed by atoms with Crippen molar-refractivity contribution in [3.63, 3.8) is 0 Å². The van der Waals surface area contributed by atoms with E-state index in [0.29, 0.717) is 42.5 Å². The molecule has 5 heteroatoms. The number of rotatable bonds is 8. The lowest BCUT2D eigenvalue weighted by Crippen LogP contribution is -2.38. The normalized spacial score (nSPS) is 12.1. The van der Waals surface area contributed by atoms with Gasteiger partial charge in [-0.05, 0) is 37.0 Å². The van der Waals surface area contributed by atoms with E-state index in [0.717, 1.165) is 12.0 Å². The lowest BCUT2D eigenvalue weighted by Gasteiger charge is -2.31. The topological polar surface area (TPSA) is 55.2 Å². The molecule has 0 aliphatic rings. The molecule has 5 nitrogen and oxygen atoms in total. The lowest BCUT2D eigenvalue weighted by molar-refractivity contribution is -0.134. The third kappa shape index (κ3) is 4.56. The highest BCUT2D eigenvalue weighted by Crippen LogP contribution is 2.24. The van der Waals surface area contributed by atoms with Gasteiger partial charge in [0.25, 0.3) is 5.56 Å². The van der Waals surface area contributed by atoms with E-state index in [1.165, 1.54) is 0 Å². The molecule has 1 heterocycles. The first kappa shape index (κ1) is 20.8. The molecule has 29 heavy (non-hydrogen) atoms. The Balaban J connectivity index is 1.92. The number of hydrogen-bond acceptors (Lipinski definition) is 3. The van der Waals surface area contributed by atoms with Gasteiger partial charge >= 0.3 is 0 Å². The minimum absolute atomic E-state index is 0.0720. The second-order valence-corrected chi connectivity index (χ2v) is 7.35. The van der Waals surface area contributed by atoms with Gasteiger partial charge in [-0.2, -0.15) is 0 Å². The summed E-state index contributed by atoms with van der Waals surface area (Å²) in [6.07, 6.45) is 2.72. The summed E-state index contributed by atoms with van der Waals surface area (Å²) in [5.74, 6) is 0.752. The van der Waals surface area contributed by atoms with Crippen molar-refractivity contribution in [1.82, 2.24) is 14.5 Å². The molecule has 2 aromatic carbocycles. The fourth-order valence-electron chi connectivity index (χ4n) is 3.81. The lowest BCUT2D eigenvalue weighted by atomic mass is 10.1. The Morgan fingerprint density at radius 2 is 1.76 bits per heavy atom. The first-order valence-corrected chi connectivity index (χ1v) is 10.4. The molecule has 152 valence electrons. The van der Waals surface area contributed by atoms with Crippen LogP contribution in [-0.4, -0.2) is 26.9 Å². The van der Waals surface area contributed by atoms with E-state index in [2.05, 4.69) is 6.92 Å². The monoisotopic (exact) mass is 391 g/mol. The molecule has 0 N–H and O–H groups in total. The Labute approximate surface area is 172 Å². The van der Waals surface area contributed by atoms with Crippen LogP contribution in [0.5, 0.6) is 0 Å². The number of carbonyl (C=O) groups excluding carboxylic acids is 1. The molecule has 0 fully saturated rings. The Kier molecular flexibility index (Phi) is 6.81. The van der Waals surface area contributed by atoms with Crippen molar-refractivity contribution in [2.45, 2.75) is 45.6 Å². The number of fused-ring (bicyclic) bond motifs is 1. The molecule has 1 atom stereocenters. The molecule has 0 aliphatic heterocycles. The molecule has 1 unspecified atom stereocenters. The maximum absolute atomic E-state index is 13.2.